The first kappa shape index (κ1) is 21.5. The molecule has 0 aliphatic heterocycles. The number of nitrogens with two attached hydrogens (primary N) is 1. The smallest absolute Gasteiger partial charge is 0.230 e. The highest BCUT2D eigenvalue weighted by Crippen LogP contribution is 2.20. The van der Waals surface area contributed by atoms with E-state index in [-0.39, 0.29) is 12.3 Å². The maximum Gasteiger partial charge on any atom is 0.230 e. The monoisotopic (exact) mass is 368 g/mol. The van der Waals surface area contributed by atoms with Crippen molar-refractivity contribution in [3.8, 4) is 0 Å². The molecule has 0 bridgehead atoms. The Morgan fingerprint density at radius 2 is 2.04 bits per heavy atom. The molecule has 1 amide bonds. The number of carbonyl (C=O) groups is 2. The summed E-state index contributed by atoms with van der Waals surface area (Å²) in [6.07, 6.45) is 4.22. The third kappa shape index (κ3) is 7.88. The molecule has 0 aliphatic rings. The van der Waals surface area contributed by atoms with Crippen molar-refractivity contribution in [2.24, 2.45) is 5.92 Å². The van der Waals surface area contributed by atoms with E-state index in [4.69, 9.17) is 11.6 Å². The highest BCUT2D eigenvalue weighted by molar-refractivity contribution is 6.31. The van der Waals surface area contributed by atoms with E-state index >= 15 is 0 Å². The number of aryl methyl sites for hydroxylation is 1. The van der Waals surface area contributed by atoms with Crippen LogP contribution in [0.1, 0.15) is 51.5 Å². The van der Waals surface area contributed by atoms with Gasteiger partial charge in [-0.1, -0.05) is 44.4 Å². The van der Waals surface area contributed by atoms with Gasteiger partial charge >= 0.3 is 0 Å². The predicted molar refractivity (Wildman–Crippen MR) is 98.3 cm³/mol. The fraction of sp³-hybridized carbons (Fsp3) is 0.579. The Morgan fingerprint density at radius 3 is 2.64 bits per heavy atom. The van der Waals surface area contributed by atoms with Gasteiger partial charge in [0.05, 0.1) is 18.9 Å². The molecule has 0 spiro atoms. The molecule has 0 heterocycles. The van der Waals surface area contributed by atoms with Gasteiger partial charge in [0.15, 0.2) is 0 Å². The highest BCUT2D eigenvalue weighted by atomic mass is 35.5. The van der Waals surface area contributed by atoms with Crippen molar-refractivity contribution in [1.29, 1.82) is 0 Å². The number of nitrogens with one attached hydrogen (secondary N) is 1. The molecule has 3 N–H and O–H groups in total. The molecule has 6 heteroatoms. The molecule has 0 unspecified atom stereocenters. The van der Waals surface area contributed by atoms with Crippen molar-refractivity contribution in [1.82, 2.24) is 0 Å². The molecular formula is C19H29ClN2O3. The van der Waals surface area contributed by atoms with E-state index in [1.807, 2.05) is 6.92 Å². The second-order valence-corrected chi connectivity index (χ2v) is 6.96. The number of carbonyl (C=O) groups excluding carboxylic acids is 2. The summed E-state index contributed by atoms with van der Waals surface area (Å²) >= 11 is 5.94. The van der Waals surface area contributed by atoms with Crippen molar-refractivity contribution < 1.29 is 20.0 Å². The molecule has 0 aromatic heterocycles. The zero-order valence-electron chi connectivity index (χ0n) is 15.3. The second kappa shape index (κ2) is 11.1. The molecule has 5 nitrogen and oxygen atoms in total. The Bertz CT molecular complexity index is 578. The average molecular weight is 369 g/mol. The summed E-state index contributed by atoms with van der Waals surface area (Å²) in [5.41, 5.74) is 1.47. The summed E-state index contributed by atoms with van der Waals surface area (Å²) in [5.74, 6) is -1.10. The highest BCUT2D eigenvalue weighted by Gasteiger charge is 2.20. The number of quaternary nitrogens is 1. The molecule has 0 saturated carbocycles. The number of carboxylic acids is 1. The number of amides is 1. The molecule has 0 aliphatic carbocycles. The number of aliphatic carboxylic acids is 1. The molecule has 1 aromatic carbocycles. The Kier molecular flexibility index (Phi) is 9.53. The Labute approximate surface area is 155 Å². The fourth-order valence-electron chi connectivity index (χ4n) is 2.73. The first-order valence-electron chi connectivity index (χ1n) is 8.97. The zero-order valence-corrected chi connectivity index (χ0v) is 16.1. The normalized spacial score (nSPS) is 13.3. The van der Waals surface area contributed by atoms with Crippen molar-refractivity contribution in [3.63, 3.8) is 0 Å². The van der Waals surface area contributed by atoms with E-state index in [1.54, 1.807) is 23.5 Å². The summed E-state index contributed by atoms with van der Waals surface area (Å²) in [4.78, 5) is 23.6. The summed E-state index contributed by atoms with van der Waals surface area (Å²) < 4.78 is 0. The van der Waals surface area contributed by atoms with Crippen molar-refractivity contribution in [2.75, 3.05) is 11.9 Å². The zero-order chi connectivity index (χ0) is 18.8. The topological polar surface area (TPSA) is 85.8 Å². The molecule has 0 fully saturated rings. The predicted octanol–water partition coefficient (Wildman–Crippen LogP) is 1.88. The van der Waals surface area contributed by atoms with Gasteiger partial charge in [0.1, 0.15) is 6.04 Å². The number of benzene rings is 1. The van der Waals surface area contributed by atoms with E-state index in [0.29, 0.717) is 23.2 Å². The largest absolute Gasteiger partial charge is 0.544 e. The first-order chi connectivity index (χ1) is 11.9. The molecule has 0 saturated heterocycles. The number of unbranched alkanes of at least 4 members (excludes halogenated alkanes) is 1. The van der Waals surface area contributed by atoms with Gasteiger partial charge < -0.3 is 20.5 Å². The third-order valence-electron chi connectivity index (χ3n) is 4.48. The minimum absolute atomic E-state index is 0.126. The summed E-state index contributed by atoms with van der Waals surface area (Å²) in [5, 5.41) is 16.4. The average Bonchev–Trinajstić information content (AvgIpc) is 2.57. The lowest BCUT2D eigenvalue weighted by Crippen LogP contribution is -2.94. The van der Waals surface area contributed by atoms with Gasteiger partial charge in [-0.3, -0.25) is 4.79 Å². The molecule has 0 radical (unpaired) electrons. The van der Waals surface area contributed by atoms with Crippen molar-refractivity contribution in [3.05, 3.63) is 28.8 Å². The molecule has 140 valence electrons. The van der Waals surface area contributed by atoms with Gasteiger partial charge in [-0.05, 0) is 37.5 Å². The van der Waals surface area contributed by atoms with Crippen LogP contribution in [-0.4, -0.2) is 24.5 Å². The Morgan fingerprint density at radius 1 is 1.32 bits per heavy atom. The van der Waals surface area contributed by atoms with Crippen LogP contribution in [0.4, 0.5) is 5.69 Å². The van der Waals surface area contributed by atoms with Gasteiger partial charge in [0.2, 0.25) is 5.91 Å². The van der Waals surface area contributed by atoms with Crippen LogP contribution in [0.3, 0.4) is 0 Å². The molecule has 2 atom stereocenters. The quantitative estimate of drug-likeness (QED) is 0.625. The summed E-state index contributed by atoms with van der Waals surface area (Å²) in [6, 6.07) is 4.32. The van der Waals surface area contributed by atoms with Crippen LogP contribution in [0.5, 0.6) is 0 Å². The second-order valence-electron chi connectivity index (χ2n) is 6.52. The van der Waals surface area contributed by atoms with Gasteiger partial charge in [0.25, 0.3) is 0 Å². The van der Waals surface area contributed by atoms with Crippen molar-refractivity contribution in [2.45, 2.75) is 58.9 Å². The van der Waals surface area contributed by atoms with E-state index in [2.05, 4.69) is 19.2 Å². The standard InChI is InChI=1S/C19H29ClN2O3/c1-4-6-7-14(5-2)12-21-17(19(24)25)11-18(23)22-16-10-15(20)9-8-13(16)3/h8-10,14,17,21H,4-7,11-12H2,1-3H3,(H,22,23)(H,24,25)/t14-,17+/m0/s1. The lowest BCUT2D eigenvalue weighted by atomic mass is 9.99. The fourth-order valence-corrected chi connectivity index (χ4v) is 2.90. The van der Waals surface area contributed by atoms with E-state index in [9.17, 15) is 14.7 Å². The van der Waals surface area contributed by atoms with Crippen LogP contribution < -0.4 is 15.7 Å². The number of anilines is 1. The Hall–Kier alpha value is -1.59. The van der Waals surface area contributed by atoms with E-state index in [0.717, 1.165) is 31.2 Å². The minimum Gasteiger partial charge on any atom is -0.544 e. The number of hydrogen-bond donors (Lipinski definition) is 2. The molecular weight excluding hydrogens is 340 g/mol. The third-order valence-corrected chi connectivity index (χ3v) is 4.71. The first-order valence-corrected chi connectivity index (χ1v) is 9.35. The number of rotatable bonds is 11. The van der Waals surface area contributed by atoms with Crippen LogP contribution in [0.25, 0.3) is 0 Å². The van der Waals surface area contributed by atoms with Gasteiger partial charge in [-0.25, -0.2) is 0 Å². The van der Waals surface area contributed by atoms with E-state index in [1.165, 1.54) is 0 Å². The maximum atomic E-state index is 12.2. The lowest BCUT2D eigenvalue weighted by Gasteiger charge is -2.20. The Balaban J connectivity index is 2.60. The van der Waals surface area contributed by atoms with Crippen LogP contribution in [-0.2, 0) is 9.59 Å². The van der Waals surface area contributed by atoms with Crippen LogP contribution in [0.15, 0.2) is 18.2 Å². The molecule has 25 heavy (non-hydrogen) atoms. The number of carboxylic acid groups (broad SMARTS) is 1. The SMILES string of the molecule is CCCC[C@H](CC)C[NH2+][C@H](CC(=O)Nc1cc(Cl)ccc1C)C(=O)[O-]. The number of hydrogen-bond acceptors (Lipinski definition) is 3. The minimum atomic E-state index is -1.21. The number of halogens is 1. The van der Waals surface area contributed by atoms with Gasteiger partial charge in [0, 0.05) is 16.6 Å². The van der Waals surface area contributed by atoms with Gasteiger partial charge in [-0.2, -0.15) is 0 Å². The molecule has 1 aromatic rings. The van der Waals surface area contributed by atoms with E-state index < -0.39 is 12.0 Å². The van der Waals surface area contributed by atoms with Crippen LogP contribution in [0, 0.1) is 12.8 Å². The summed E-state index contributed by atoms with van der Waals surface area (Å²) in [7, 11) is 0. The van der Waals surface area contributed by atoms with Crippen LogP contribution >= 0.6 is 11.6 Å². The van der Waals surface area contributed by atoms with Crippen LogP contribution in [0.2, 0.25) is 5.02 Å². The van der Waals surface area contributed by atoms with Crippen molar-refractivity contribution >= 4 is 29.2 Å². The molecule has 1 rings (SSSR count). The maximum absolute atomic E-state index is 12.2. The lowest BCUT2D eigenvalue weighted by molar-refractivity contribution is -0.687. The van der Waals surface area contributed by atoms with Gasteiger partial charge in [-0.15, -0.1) is 0 Å². The summed E-state index contributed by atoms with van der Waals surface area (Å²) in [6.45, 7) is 6.80.